The summed E-state index contributed by atoms with van der Waals surface area (Å²) in [6.45, 7) is 0. The van der Waals surface area contributed by atoms with Gasteiger partial charge in [-0.1, -0.05) is 163 Å². The second-order valence-corrected chi connectivity index (χ2v) is 16.2. The lowest BCUT2D eigenvalue weighted by Gasteiger charge is -2.43. The highest BCUT2D eigenvalue weighted by Gasteiger charge is 2.56. The molecule has 4 nitrogen and oxygen atoms in total. The number of benzene rings is 5. The van der Waals surface area contributed by atoms with Crippen molar-refractivity contribution >= 4 is 0 Å². The number of aromatic nitrogens is 3. The molecule has 5 aromatic carbocycles. The SMILES string of the molecule is C1=CC2=CC(c3nc(-c4ccccc4)nc(-c4cccc(-c5ccc6c(c5)C5(c7ccccc7O6)c6ccccc6C6C=CC=CC65)c4)n3)CC3C=CCC(=C1)C23. The molecule has 272 valence electrons. The number of ether oxygens (including phenoxy) is 1. The molecule has 0 fully saturated rings. The molecule has 6 atom stereocenters. The Morgan fingerprint density at radius 3 is 2.28 bits per heavy atom. The fraction of sp³-hybridized carbons (Fsp3) is 0.151. The summed E-state index contributed by atoms with van der Waals surface area (Å²) in [4.78, 5) is 15.6. The fourth-order valence-electron chi connectivity index (χ4n) is 10.8. The summed E-state index contributed by atoms with van der Waals surface area (Å²) in [5, 5.41) is 0. The number of allylic oxidation sites excluding steroid dienone is 12. The molecule has 6 aromatic rings. The molecule has 0 saturated heterocycles. The molecule has 0 radical (unpaired) electrons. The van der Waals surface area contributed by atoms with Crippen molar-refractivity contribution in [3.05, 3.63) is 221 Å². The lowest BCUT2D eigenvalue weighted by molar-refractivity contribution is 0.374. The number of para-hydroxylation sites is 1. The van der Waals surface area contributed by atoms with Gasteiger partial charge in [-0.3, -0.25) is 0 Å². The van der Waals surface area contributed by atoms with Crippen LogP contribution in [0.25, 0.3) is 33.9 Å². The van der Waals surface area contributed by atoms with Crippen molar-refractivity contribution in [3.8, 4) is 45.4 Å². The highest BCUT2D eigenvalue weighted by atomic mass is 16.5. The molecule has 0 bridgehead atoms. The van der Waals surface area contributed by atoms with Crippen molar-refractivity contribution in [1.29, 1.82) is 0 Å². The van der Waals surface area contributed by atoms with Crippen LogP contribution in [0, 0.1) is 17.8 Å². The molecule has 57 heavy (non-hydrogen) atoms. The topological polar surface area (TPSA) is 47.9 Å². The first kappa shape index (κ1) is 32.6. The van der Waals surface area contributed by atoms with Gasteiger partial charge in [-0.2, -0.15) is 0 Å². The van der Waals surface area contributed by atoms with Crippen LogP contribution in [0.2, 0.25) is 0 Å². The Morgan fingerprint density at radius 2 is 1.35 bits per heavy atom. The van der Waals surface area contributed by atoms with Crippen molar-refractivity contribution in [2.75, 3.05) is 0 Å². The molecule has 1 spiro atoms. The summed E-state index contributed by atoms with van der Waals surface area (Å²) in [5.74, 6) is 5.55. The molecule has 12 rings (SSSR count). The predicted molar refractivity (Wildman–Crippen MR) is 227 cm³/mol. The van der Waals surface area contributed by atoms with Gasteiger partial charge < -0.3 is 4.74 Å². The van der Waals surface area contributed by atoms with E-state index in [9.17, 15) is 0 Å². The Balaban J connectivity index is 0.991. The van der Waals surface area contributed by atoms with Crippen LogP contribution in [-0.2, 0) is 5.41 Å². The van der Waals surface area contributed by atoms with E-state index in [1.54, 1.807) is 0 Å². The fourth-order valence-corrected chi connectivity index (χ4v) is 10.8. The standard InChI is InChI=1S/C53H39N3O/c1-2-13-34(14-3-1)50-54-51(56-52(55-50)40-30-37-18-10-15-33-16-11-19-38(31-40)49(33)37)39-20-12-17-35(29-39)36-27-28-48-46(32-36)53(45-25-8-9-26-47(45)57-48)43-23-6-4-21-41(43)42-22-5-7-24-44(42)53/h1-15,17-30,32,38,40-41,43,49H,16,31H2. The Labute approximate surface area is 333 Å². The van der Waals surface area contributed by atoms with Crippen LogP contribution in [0.3, 0.4) is 0 Å². The Morgan fingerprint density at radius 1 is 0.596 bits per heavy atom. The minimum atomic E-state index is -0.404. The molecule has 6 aliphatic rings. The Bertz CT molecular complexity index is 2820. The average Bonchev–Trinajstić information content (AvgIpc) is 3.57. The predicted octanol–water partition coefficient (Wildman–Crippen LogP) is 12.3. The van der Waals surface area contributed by atoms with E-state index in [2.05, 4.69) is 176 Å². The number of hydrogen-bond donors (Lipinski definition) is 0. The van der Waals surface area contributed by atoms with E-state index in [0.29, 0.717) is 23.5 Å². The van der Waals surface area contributed by atoms with Crippen LogP contribution < -0.4 is 4.74 Å². The van der Waals surface area contributed by atoms with E-state index in [1.807, 2.05) is 6.07 Å². The molecule has 2 heterocycles. The minimum Gasteiger partial charge on any atom is -0.457 e. The molecule has 1 aliphatic heterocycles. The molecule has 5 aliphatic carbocycles. The van der Waals surface area contributed by atoms with Crippen molar-refractivity contribution in [1.82, 2.24) is 15.0 Å². The first-order chi connectivity index (χ1) is 28.2. The van der Waals surface area contributed by atoms with Gasteiger partial charge >= 0.3 is 0 Å². The van der Waals surface area contributed by atoms with Gasteiger partial charge in [-0.25, -0.2) is 15.0 Å². The van der Waals surface area contributed by atoms with Gasteiger partial charge in [-0.05, 0) is 70.9 Å². The second-order valence-electron chi connectivity index (χ2n) is 16.2. The highest BCUT2D eigenvalue weighted by molar-refractivity contribution is 5.77. The van der Waals surface area contributed by atoms with Crippen LogP contribution >= 0.6 is 0 Å². The third-order valence-electron chi connectivity index (χ3n) is 13.2. The number of fused-ring (bicyclic) bond motifs is 9. The zero-order valence-corrected chi connectivity index (χ0v) is 31.4. The van der Waals surface area contributed by atoms with E-state index < -0.39 is 5.41 Å². The second kappa shape index (κ2) is 12.7. The quantitative estimate of drug-likeness (QED) is 0.169. The average molecular weight is 734 g/mol. The molecule has 4 heteroatoms. The Hall–Kier alpha value is -6.65. The molecule has 0 N–H and O–H groups in total. The third-order valence-corrected chi connectivity index (χ3v) is 13.2. The van der Waals surface area contributed by atoms with Gasteiger partial charge in [0.25, 0.3) is 0 Å². The van der Waals surface area contributed by atoms with Gasteiger partial charge in [0.15, 0.2) is 11.6 Å². The van der Waals surface area contributed by atoms with Crippen LogP contribution in [0.4, 0.5) is 0 Å². The van der Waals surface area contributed by atoms with E-state index in [4.69, 9.17) is 19.7 Å². The maximum absolute atomic E-state index is 6.74. The first-order valence-corrected chi connectivity index (χ1v) is 20.3. The minimum absolute atomic E-state index is 0.0851. The van der Waals surface area contributed by atoms with Gasteiger partial charge in [0, 0.05) is 45.9 Å². The number of hydrogen-bond acceptors (Lipinski definition) is 4. The largest absolute Gasteiger partial charge is 0.457 e. The molecule has 1 aromatic heterocycles. The van der Waals surface area contributed by atoms with Crippen LogP contribution in [-0.4, -0.2) is 15.0 Å². The van der Waals surface area contributed by atoms with Crippen molar-refractivity contribution in [2.45, 2.75) is 30.1 Å². The van der Waals surface area contributed by atoms with E-state index in [1.165, 1.54) is 33.4 Å². The summed E-state index contributed by atoms with van der Waals surface area (Å²) >= 11 is 0. The number of nitrogens with zero attached hydrogens (tertiary/aromatic N) is 3. The number of rotatable bonds is 4. The highest BCUT2D eigenvalue weighted by Crippen LogP contribution is 2.64. The summed E-state index contributed by atoms with van der Waals surface area (Å²) < 4.78 is 6.74. The molecular weight excluding hydrogens is 695 g/mol. The molecule has 6 unspecified atom stereocenters. The lowest BCUT2D eigenvalue weighted by atomic mass is 9.61. The van der Waals surface area contributed by atoms with Crippen molar-refractivity contribution < 1.29 is 4.74 Å². The van der Waals surface area contributed by atoms with Gasteiger partial charge in [0.2, 0.25) is 0 Å². The zero-order valence-electron chi connectivity index (χ0n) is 31.4. The molecule has 0 amide bonds. The summed E-state index contributed by atoms with van der Waals surface area (Å²) in [6, 6.07) is 43.4. The van der Waals surface area contributed by atoms with Crippen LogP contribution in [0.5, 0.6) is 11.5 Å². The lowest BCUT2D eigenvalue weighted by Crippen LogP contribution is -2.37. The third kappa shape index (κ3) is 4.96. The van der Waals surface area contributed by atoms with Crippen molar-refractivity contribution in [3.63, 3.8) is 0 Å². The summed E-state index contributed by atoms with van der Waals surface area (Å²) in [7, 11) is 0. The first-order valence-electron chi connectivity index (χ1n) is 20.3. The van der Waals surface area contributed by atoms with E-state index >= 15 is 0 Å². The monoisotopic (exact) mass is 733 g/mol. The maximum atomic E-state index is 6.74. The van der Waals surface area contributed by atoms with Gasteiger partial charge in [0.05, 0.1) is 5.41 Å². The van der Waals surface area contributed by atoms with E-state index in [0.717, 1.165) is 52.4 Å². The smallest absolute Gasteiger partial charge is 0.163 e. The molecular formula is C53H39N3O. The maximum Gasteiger partial charge on any atom is 0.163 e. The van der Waals surface area contributed by atoms with Gasteiger partial charge in [-0.15, -0.1) is 0 Å². The normalized spacial score (nSPS) is 25.4. The molecule has 0 saturated carbocycles. The van der Waals surface area contributed by atoms with Crippen LogP contribution in [0.15, 0.2) is 193 Å². The zero-order chi connectivity index (χ0) is 37.5. The Kier molecular flexibility index (Phi) is 7.25. The van der Waals surface area contributed by atoms with E-state index in [-0.39, 0.29) is 17.8 Å². The summed E-state index contributed by atoms with van der Waals surface area (Å²) in [5.41, 5.74) is 11.9. The van der Waals surface area contributed by atoms with Crippen LogP contribution in [0.1, 0.15) is 52.8 Å². The van der Waals surface area contributed by atoms with Gasteiger partial charge in [0.1, 0.15) is 17.3 Å². The van der Waals surface area contributed by atoms with Crippen molar-refractivity contribution in [2.24, 2.45) is 17.8 Å². The summed E-state index contributed by atoms with van der Waals surface area (Å²) in [6.07, 6.45) is 25.2.